The summed E-state index contributed by atoms with van der Waals surface area (Å²) in [5.41, 5.74) is 1.96. The summed E-state index contributed by atoms with van der Waals surface area (Å²) in [6.45, 7) is 0.320. The predicted octanol–water partition coefficient (Wildman–Crippen LogP) is 5.22. The number of amides is 1. The molecule has 0 spiro atoms. The van der Waals surface area contributed by atoms with Gasteiger partial charge in [-0.05, 0) is 35.9 Å². The standard InChI is InChI=1S/C19H12Cl2N2O2/c20-14-6-5-11-7-13-8-17(25-19(13)23-16(11)9-14)18(24)22-10-12-3-1-2-4-15(12)21/h1-9H,10H2,(H,22,24). The Morgan fingerprint density at radius 2 is 1.88 bits per heavy atom. The lowest BCUT2D eigenvalue weighted by Gasteiger charge is -2.04. The first-order valence-electron chi connectivity index (χ1n) is 7.61. The van der Waals surface area contributed by atoms with Gasteiger partial charge in [0.15, 0.2) is 5.76 Å². The average molecular weight is 371 g/mol. The van der Waals surface area contributed by atoms with Gasteiger partial charge in [0.05, 0.1) is 5.52 Å². The zero-order valence-electron chi connectivity index (χ0n) is 12.9. The molecule has 4 nitrogen and oxygen atoms in total. The minimum Gasteiger partial charge on any atom is -0.433 e. The second-order valence-electron chi connectivity index (χ2n) is 5.60. The van der Waals surface area contributed by atoms with Gasteiger partial charge in [-0.3, -0.25) is 4.79 Å². The molecule has 2 heterocycles. The van der Waals surface area contributed by atoms with Crippen LogP contribution in [0, 0.1) is 0 Å². The third-order valence-corrected chi connectivity index (χ3v) is 4.49. The van der Waals surface area contributed by atoms with Crippen LogP contribution < -0.4 is 5.32 Å². The summed E-state index contributed by atoms with van der Waals surface area (Å²) >= 11 is 12.1. The van der Waals surface area contributed by atoms with Crippen molar-refractivity contribution in [1.82, 2.24) is 10.3 Å². The van der Waals surface area contributed by atoms with Crippen molar-refractivity contribution in [3.63, 3.8) is 0 Å². The molecule has 0 saturated carbocycles. The van der Waals surface area contributed by atoms with Crippen molar-refractivity contribution < 1.29 is 9.21 Å². The monoisotopic (exact) mass is 370 g/mol. The highest BCUT2D eigenvalue weighted by molar-refractivity contribution is 6.31. The van der Waals surface area contributed by atoms with Crippen LogP contribution in [0.4, 0.5) is 0 Å². The lowest BCUT2D eigenvalue weighted by atomic mass is 10.2. The number of fused-ring (bicyclic) bond motifs is 2. The molecule has 2 aromatic heterocycles. The average Bonchev–Trinajstić information content (AvgIpc) is 3.01. The number of nitrogens with zero attached hydrogens (tertiary/aromatic N) is 1. The van der Waals surface area contributed by atoms with E-state index in [2.05, 4.69) is 10.3 Å². The van der Waals surface area contributed by atoms with Crippen molar-refractivity contribution in [3.05, 3.63) is 76.0 Å². The molecule has 1 N–H and O–H groups in total. The highest BCUT2D eigenvalue weighted by Crippen LogP contribution is 2.25. The zero-order chi connectivity index (χ0) is 17.4. The minimum atomic E-state index is -0.319. The number of hydrogen-bond donors (Lipinski definition) is 1. The molecular formula is C19H12Cl2N2O2. The molecule has 0 unspecified atom stereocenters. The van der Waals surface area contributed by atoms with Gasteiger partial charge in [0.25, 0.3) is 5.91 Å². The van der Waals surface area contributed by atoms with E-state index < -0.39 is 0 Å². The summed E-state index contributed by atoms with van der Waals surface area (Å²) in [5.74, 6) is -0.115. The van der Waals surface area contributed by atoms with Crippen LogP contribution in [0.5, 0.6) is 0 Å². The molecule has 0 saturated heterocycles. The second-order valence-corrected chi connectivity index (χ2v) is 6.45. The van der Waals surface area contributed by atoms with Gasteiger partial charge in [-0.2, -0.15) is 0 Å². The molecule has 0 atom stereocenters. The fourth-order valence-electron chi connectivity index (χ4n) is 2.62. The van der Waals surface area contributed by atoms with E-state index in [1.165, 1.54) is 0 Å². The molecule has 6 heteroatoms. The Labute approximate surface area is 153 Å². The van der Waals surface area contributed by atoms with Gasteiger partial charge >= 0.3 is 0 Å². The fraction of sp³-hybridized carbons (Fsp3) is 0.0526. The Bertz CT molecular complexity index is 1110. The molecule has 0 aliphatic rings. The van der Waals surface area contributed by atoms with Gasteiger partial charge in [0.1, 0.15) is 0 Å². The Kier molecular flexibility index (Phi) is 4.07. The Hall–Kier alpha value is -2.56. The summed E-state index contributed by atoms with van der Waals surface area (Å²) in [5, 5.41) is 5.70. The van der Waals surface area contributed by atoms with E-state index in [0.717, 1.165) is 21.9 Å². The summed E-state index contributed by atoms with van der Waals surface area (Å²) in [7, 11) is 0. The van der Waals surface area contributed by atoms with Crippen molar-refractivity contribution in [1.29, 1.82) is 0 Å². The van der Waals surface area contributed by atoms with Crippen LogP contribution in [0.15, 0.2) is 59.0 Å². The van der Waals surface area contributed by atoms with E-state index in [9.17, 15) is 4.79 Å². The number of carbonyl (C=O) groups excluding carboxylic acids is 1. The Morgan fingerprint density at radius 1 is 1.04 bits per heavy atom. The molecule has 0 fully saturated rings. The van der Waals surface area contributed by atoms with Crippen molar-refractivity contribution in [2.24, 2.45) is 0 Å². The van der Waals surface area contributed by atoms with E-state index >= 15 is 0 Å². The molecule has 0 aliphatic carbocycles. The third kappa shape index (κ3) is 3.18. The van der Waals surface area contributed by atoms with Crippen LogP contribution in [0.1, 0.15) is 16.1 Å². The molecule has 0 radical (unpaired) electrons. The molecule has 1 amide bonds. The number of furan rings is 1. The van der Waals surface area contributed by atoms with Crippen LogP contribution in [-0.4, -0.2) is 10.9 Å². The summed E-state index contributed by atoms with van der Waals surface area (Å²) in [6.07, 6.45) is 0. The quantitative estimate of drug-likeness (QED) is 0.537. The number of benzene rings is 2. The largest absolute Gasteiger partial charge is 0.433 e. The van der Waals surface area contributed by atoms with Gasteiger partial charge in [-0.25, -0.2) is 4.98 Å². The van der Waals surface area contributed by atoms with E-state index in [4.69, 9.17) is 27.6 Å². The molecule has 0 aliphatic heterocycles. The summed E-state index contributed by atoms with van der Waals surface area (Å²) in [6, 6.07) is 16.4. The molecule has 25 heavy (non-hydrogen) atoms. The fourth-order valence-corrected chi connectivity index (χ4v) is 2.98. The minimum absolute atomic E-state index is 0.205. The predicted molar refractivity (Wildman–Crippen MR) is 99.1 cm³/mol. The number of pyridine rings is 1. The van der Waals surface area contributed by atoms with Crippen LogP contribution >= 0.6 is 23.2 Å². The molecule has 4 rings (SSSR count). The third-order valence-electron chi connectivity index (χ3n) is 3.89. The summed E-state index contributed by atoms with van der Waals surface area (Å²) < 4.78 is 5.60. The molecule has 124 valence electrons. The first kappa shape index (κ1) is 15.9. The van der Waals surface area contributed by atoms with Gasteiger partial charge in [0.2, 0.25) is 5.71 Å². The lowest BCUT2D eigenvalue weighted by Crippen LogP contribution is -2.22. The zero-order valence-corrected chi connectivity index (χ0v) is 14.4. The van der Waals surface area contributed by atoms with E-state index in [1.54, 1.807) is 24.3 Å². The number of nitrogens with one attached hydrogen (secondary N) is 1. The SMILES string of the molecule is O=C(NCc1ccccc1Cl)c1cc2cc3ccc(Cl)cc3nc2o1. The highest BCUT2D eigenvalue weighted by atomic mass is 35.5. The number of carbonyl (C=O) groups is 1. The number of hydrogen-bond acceptors (Lipinski definition) is 3. The van der Waals surface area contributed by atoms with Gasteiger partial charge < -0.3 is 9.73 Å². The van der Waals surface area contributed by atoms with Crippen LogP contribution in [0.2, 0.25) is 10.0 Å². The van der Waals surface area contributed by atoms with Crippen molar-refractivity contribution in [2.75, 3.05) is 0 Å². The van der Waals surface area contributed by atoms with Crippen molar-refractivity contribution in [2.45, 2.75) is 6.54 Å². The molecular weight excluding hydrogens is 359 g/mol. The summed E-state index contributed by atoms with van der Waals surface area (Å²) in [4.78, 5) is 16.8. The maximum Gasteiger partial charge on any atom is 0.287 e. The Morgan fingerprint density at radius 3 is 2.72 bits per heavy atom. The first-order chi connectivity index (χ1) is 12.1. The van der Waals surface area contributed by atoms with Crippen molar-refractivity contribution >= 4 is 51.1 Å². The van der Waals surface area contributed by atoms with Gasteiger partial charge in [-0.1, -0.05) is 47.5 Å². The maximum atomic E-state index is 12.3. The van der Waals surface area contributed by atoms with E-state index in [-0.39, 0.29) is 11.7 Å². The maximum absolute atomic E-state index is 12.3. The highest BCUT2D eigenvalue weighted by Gasteiger charge is 2.14. The normalized spacial score (nSPS) is 11.1. The topological polar surface area (TPSA) is 55.1 Å². The second kappa shape index (κ2) is 6.39. The Balaban J connectivity index is 1.61. The smallest absolute Gasteiger partial charge is 0.287 e. The number of halogens is 2. The lowest BCUT2D eigenvalue weighted by molar-refractivity contribution is 0.0925. The van der Waals surface area contributed by atoms with E-state index in [0.29, 0.717) is 22.3 Å². The first-order valence-corrected chi connectivity index (χ1v) is 8.37. The van der Waals surface area contributed by atoms with E-state index in [1.807, 2.05) is 30.3 Å². The number of aromatic nitrogens is 1. The number of rotatable bonds is 3. The van der Waals surface area contributed by atoms with Crippen LogP contribution in [0.25, 0.3) is 22.0 Å². The van der Waals surface area contributed by atoms with Crippen molar-refractivity contribution in [3.8, 4) is 0 Å². The molecule has 2 aromatic carbocycles. The van der Waals surface area contributed by atoms with Crippen LogP contribution in [0.3, 0.4) is 0 Å². The van der Waals surface area contributed by atoms with Gasteiger partial charge in [0, 0.05) is 27.4 Å². The van der Waals surface area contributed by atoms with Crippen LogP contribution in [-0.2, 0) is 6.54 Å². The molecule has 0 bridgehead atoms. The molecule has 4 aromatic rings. The van der Waals surface area contributed by atoms with Gasteiger partial charge in [-0.15, -0.1) is 0 Å².